The molecular weight excluding hydrogens is 430 g/mol. The van der Waals surface area contributed by atoms with Crippen molar-refractivity contribution >= 4 is 46.4 Å². The lowest BCUT2D eigenvalue weighted by Crippen LogP contribution is -2.37. The van der Waals surface area contributed by atoms with Crippen LogP contribution in [0, 0.1) is 20.8 Å². The van der Waals surface area contributed by atoms with Crippen molar-refractivity contribution in [2.75, 3.05) is 28.7 Å². The van der Waals surface area contributed by atoms with Crippen LogP contribution < -0.4 is 15.5 Å². The van der Waals surface area contributed by atoms with Gasteiger partial charge in [-0.15, -0.1) is 0 Å². The number of rotatable bonds is 6. The molecule has 7 nitrogen and oxygen atoms in total. The van der Waals surface area contributed by atoms with Gasteiger partial charge in [-0.25, -0.2) is 0 Å². The lowest BCUT2D eigenvalue weighted by molar-refractivity contribution is -0.142. The molecule has 0 bridgehead atoms. The number of halogens is 1. The number of carbonyl (C=O) groups is 3. The van der Waals surface area contributed by atoms with E-state index in [4.69, 9.17) is 16.3 Å². The van der Waals surface area contributed by atoms with Crippen LogP contribution in [0.2, 0.25) is 5.02 Å². The van der Waals surface area contributed by atoms with Gasteiger partial charge in [0, 0.05) is 11.8 Å². The largest absolute Gasteiger partial charge is 0.466 e. The highest BCUT2D eigenvalue weighted by Gasteiger charge is 2.26. The lowest BCUT2D eigenvalue weighted by atomic mass is 10.1. The first-order valence-corrected chi connectivity index (χ1v) is 10.7. The topological polar surface area (TPSA) is 87.7 Å². The van der Waals surface area contributed by atoms with Crippen LogP contribution in [0.3, 0.4) is 0 Å². The van der Waals surface area contributed by atoms with Crippen molar-refractivity contribution in [3.8, 4) is 0 Å². The minimum absolute atomic E-state index is 0.0784. The zero-order valence-corrected chi connectivity index (χ0v) is 19.3. The molecule has 0 radical (unpaired) electrons. The second-order valence-electron chi connectivity index (χ2n) is 7.69. The van der Waals surface area contributed by atoms with E-state index in [1.54, 1.807) is 19.1 Å². The van der Waals surface area contributed by atoms with Crippen molar-refractivity contribution in [2.45, 2.75) is 34.1 Å². The summed E-state index contributed by atoms with van der Waals surface area (Å²) in [5.41, 5.74) is 5.02. The maximum Gasteiger partial charge on any atom is 0.311 e. The maximum absolute atomic E-state index is 13.1. The van der Waals surface area contributed by atoms with Gasteiger partial charge < -0.3 is 15.4 Å². The normalized spacial score (nSPS) is 13.0. The van der Waals surface area contributed by atoms with Gasteiger partial charge in [0.05, 0.1) is 35.1 Å². The third kappa shape index (κ3) is 5.48. The fourth-order valence-electron chi connectivity index (χ4n) is 3.36. The molecule has 168 valence electrons. The maximum atomic E-state index is 13.1. The Labute approximate surface area is 192 Å². The Morgan fingerprint density at radius 2 is 1.84 bits per heavy atom. The second kappa shape index (κ2) is 9.87. The molecule has 0 aromatic heterocycles. The van der Waals surface area contributed by atoms with Crippen molar-refractivity contribution in [1.82, 2.24) is 0 Å². The van der Waals surface area contributed by atoms with E-state index < -0.39 is 17.8 Å². The average Bonchev–Trinajstić information content (AvgIpc) is 2.81. The highest BCUT2D eigenvalue weighted by molar-refractivity contribution is 6.33. The third-order valence-corrected chi connectivity index (χ3v) is 5.42. The van der Waals surface area contributed by atoms with Gasteiger partial charge in [0.2, 0.25) is 5.91 Å². The predicted octanol–water partition coefficient (Wildman–Crippen LogP) is 4.50. The van der Waals surface area contributed by atoms with Crippen molar-refractivity contribution in [3.63, 3.8) is 0 Å². The van der Waals surface area contributed by atoms with Crippen LogP contribution >= 0.6 is 11.6 Å². The predicted molar refractivity (Wildman–Crippen MR) is 126 cm³/mol. The summed E-state index contributed by atoms with van der Waals surface area (Å²) in [6, 6.07) is 9.06. The summed E-state index contributed by atoms with van der Waals surface area (Å²) in [6.07, 6.45) is 1.25. The minimum Gasteiger partial charge on any atom is -0.466 e. The van der Waals surface area contributed by atoms with E-state index in [-0.39, 0.29) is 19.6 Å². The molecule has 3 rings (SSSR count). The molecule has 0 unspecified atom stereocenters. The van der Waals surface area contributed by atoms with Gasteiger partial charge in [0.15, 0.2) is 0 Å². The van der Waals surface area contributed by atoms with E-state index in [0.29, 0.717) is 27.8 Å². The van der Waals surface area contributed by atoms with Crippen molar-refractivity contribution < 1.29 is 19.1 Å². The monoisotopic (exact) mass is 455 g/mol. The second-order valence-corrected chi connectivity index (χ2v) is 8.09. The van der Waals surface area contributed by atoms with Gasteiger partial charge in [-0.1, -0.05) is 17.7 Å². The molecule has 0 aliphatic carbocycles. The van der Waals surface area contributed by atoms with Crippen LogP contribution in [-0.4, -0.2) is 30.9 Å². The minimum atomic E-state index is -0.440. The molecule has 0 atom stereocenters. The Balaban J connectivity index is 1.90. The van der Waals surface area contributed by atoms with Gasteiger partial charge in [-0.05, 0) is 68.7 Å². The van der Waals surface area contributed by atoms with Crippen LogP contribution in [0.25, 0.3) is 0 Å². The molecule has 2 N–H and O–H groups in total. The SMILES string of the molecule is CCOC(=O)CC1=CC(=O)N(CC(=O)Nc2ccc(C)cc2Cl)c2cc(C)c(C)cc2N1. The average molecular weight is 456 g/mol. The number of hydrogen-bond acceptors (Lipinski definition) is 5. The summed E-state index contributed by atoms with van der Waals surface area (Å²) in [7, 11) is 0. The summed E-state index contributed by atoms with van der Waals surface area (Å²) in [4.78, 5) is 39.2. The Kier molecular flexibility index (Phi) is 7.20. The first-order chi connectivity index (χ1) is 15.2. The van der Waals surface area contributed by atoms with Gasteiger partial charge in [-0.2, -0.15) is 0 Å². The van der Waals surface area contributed by atoms with E-state index in [9.17, 15) is 14.4 Å². The van der Waals surface area contributed by atoms with Crippen LogP contribution in [0.1, 0.15) is 30.0 Å². The molecule has 1 aliphatic rings. The zero-order chi connectivity index (χ0) is 23.4. The molecule has 2 aromatic carbocycles. The van der Waals surface area contributed by atoms with Gasteiger partial charge in [0.1, 0.15) is 6.54 Å². The van der Waals surface area contributed by atoms with E-state index >= 15 is 0 Å². The zero-order valence-electron chi connectivity index (χ0n) is 18.5. The molecule has 32 heavy (non-hydrogen) atoms. The fourth-order valence-corrected chi connectivity index (χ4v) is 3.64. The summed E-state index contributed by atoms with van der Waals surface area (Å²) < 4.78 is 5.01. The Morgan fingerprint density at radius 1 is 1.12 bits per heavy atom. The molecule has 0 saturated heterocycles. The van der Waals surface area contributed by atoms with Crippen LogP contribution in [0.15, 0.2) is 42.1 Å². The standard InChI is InChI=1S/C24H26ClN3O4/c1-5-32-24(31)12-17-11-23(30)28(21-10-16(4)15(3)9-20(21)26-17)13-22(29)27-19-7-6-14(2)8-18(19)25/h6-11,26H,5,12-13H2,1-4H3,(H,27,29). The molecule has 2 amide bonds. The number of fused-ring (bicyclic) bond motifs is 1. The van der Waals surface area contributed by atoms with E-state index in [1.807, 2.05) is 39.0 Å². The highest BCUT2D eigenvalue weighted by atomic mass is 35.5. The Morgan fingerprint density at radius 3 is 2.53 bits per heavy atom. The number of benzene rings is 2. The van der Waals surface area contributed by atoms with Crippen LogP contribution in [0.5, 0.6) is 0 Å². The Bertz CT molecular complexity index is 1110. The van der Waals surface area contributed by atoms with Crippen molar-refractivity contribution in [1.29, 1.82) is 0 Å². The number of aryl methyl sites for hydroxylation is 3. The summed E-state index contributed by atoms with van der Waals surface area (Å²) in [5.74, 6) is -1.25. The number of carbonyl (C=O) groups excluding carboxylic acids is 3. The quantitative estimate of drug-likeness (QED) is 0.626. The third-order valence-electron chi connectivity index (χ3n) is 5.10. The van der Waals surface area contributed by atoms with Gasteiger partial charge in [-0.3, -0.25) is 19.3 Å². The smallest absolute Gasteiger partial charge is 0.311 e. The number of amides is 2. The molecule has 1 heterocycles. The Hall–Kier alpha value is -3.32. The molecule has 1 aliphatic heterocycles. The van der Waals surface area contributed by atoms with Gasteiger partial charge >= 0.3 is 5.97 Å². The number of nitrogens with one attached hydrogen (secondary N) is 2. The fraction of sp³-hybridized carbons (Fsp3) is 0.292. The number of esters is 1. The van der Waals surface area contributed by atoms with Crippen molar-refractivity contribution in [3.05, 3.63) is 63.8 Å². The summed E-state index contributed by atoms with van der Waals surface area (Å²) in [5, 5.41) is 6.35. The molecule has 8 heteroatoms. The molecular formula is C24H26ClN3O4. The van der Waals surface area contributed by atoms with Crippen LogP contribution in [-0.2, 0) is 19.1 Å². The molecule has 0 fully saturated rings. The summed E-state index contributed by atoms with van der Waals surface area (Å²) >= 11 is 6.23. The molecule has 2 aromatic rings. The first kappa shape index (κ1) is 23.3. The van der Waals surface area contributed by atoms with Crippen LogP contribution in [0.4, 0.5) is 17.1 Å². The number of anilines is 3. The van der Waals surface area contributed by atoms with Gasteiger partial charge in [0.25, 0.3) is 5.91 Å². The van der Waals surface area contributed by atoms with E-state index in [1.165, 1.54) is 11.0 Å². The number of hydrogen-bond donors (Lipinski definition) is 2. The summed E-state index contributed by atoms with van der Waals surface area (Å²) in [6.45, 7) is 7.55. The first-order valence-electron chi connectivity index (χ1n) is 10.3. The van der Waals surface area contributed by atoms with E-state index in [2.05, 4.69) is 10.6 Å². The van der Waals surface area contributed by atoms with E-state index in [0.717, 1.165) is 16.7 Å². The highest BCUT2D eigenvalue weighted by Crippen LogP contribution is 2.33. The van der Waals surface area contributed by atoms with Crippen molar-refractivity contribution in [2.24, 2.45) is 0 Å². The number of ether oxygens (including phenoxy) is 1. The lowest BCUT2D eigenvalue weighted by Gasteiger charge is -2.23. The molecule has 0 saturated carbocycles. The molecule has 0 spiro atoms. The number of nitrogens with zero attached hydrogens (tertiary/aromatic N) is 1.